The minimum absolute atomic E-state index is 0.372. The third-order valence-electron chi connectivity index (χ3n) is 2.21. The van der Waals surface area contributed by atoms with E-state index in [1.165, 1.54) is 0 Å². The van der Waals surface area contributed by atoms with Crippen molar-refractivity contribution in [1.29, 1.82) is 0 Å². The van der Waals surface area contributed by atoms with Crippen LogP contribution in [-0.2, 0) is 6.54 Å². The smallest absolute Gasteiger partial charge is 0.404 e. The van der Waals surface area contributed by atoms with E-state index in [0.717, 1.165) is 15.5 Å². The van der Waals surface area contributed by atoms with Gasteiger partial charge in [0.25, 0.3) is 0 Å². The molecule has 5 nitrogen and oxygen atoms in total. The number of aromatic nitrogens is 2. The van der Waals surface area contributed by atoms with E-state index >= 15 is 0 Å². The third-order valence-corrected chi connectivity index (χ3v) is 2.71. The molecule has 2 rings (SSSR count). The molecular weight excluding hydrogens is 274 g/mol. The van der Waals surface area contributed by atoms with Gasteiger partial charge in [-0.05, 0) is 18.2 Å². The van der Waals surface area contributed by atoms with Crippen LogP contribution in [0.5, 0.6) is 0 Å². The molecule has 0 spiro atoms. The number of amides is 1. The molecule has 1 aromatic carbocycles. The Bertz CT molecular complexity index is 524. The van der Waals surface area contributed by atoms with Crippen LogP contribution in [0.2, 0.25) is 0 Å². The van der Waals surface area contributed by atoms with E-state index in [1.807, 2.05) is 22.8 Å². The number of fused-ring (bicyclic) bond motifs is 1. The van der Waals surface area contributed by atoms with Crippen LogP contribution in [0.3, 0.4) is 0 Å². The van der Waals surface area contributed by atoms with Gasteiger partial charge in [0.05, 0.1) is 17.4 Å². The minimum atomic E-state index is -1.01. The lowest BCUT2D eigenvalue weighted by molar-refractivity contribution is 0.194. The van der Waals surface area contributed by atoms with Crippen LogP contribution in [0.4, 0.5) is 4.79 Å². The Labute approximate surface area is 100 Å². The number of halogens is 1. The molecule has 0 aliphatic carbocycles. The first kappa shape index (κ1) is 10.9. The molecule has 1 heterocycles. The Morgan fingerprint density at radius 3 is 3.12 bits per heavy atom. The maximum atomic E-state index is 10.3. The van der Waals surface area contributed by atoms with Gasteiger partial charge in [0.1, 0.15) is 0 Å². The van der Waals surface area contributed by atoms with E-state index in [2.05, 4.69) is 26.2 Å². The van der Waals surface area contributed by atoms with Gasteiger partial charge in [0.15, 0.2) is 0 Å². The van der Waals surface area contributed by atoms with Crippen molar-refractivity contribution in [3.05, 3.63) is 29.0 Å². The molecule has 0 radical (unpaired) electrons. The van der Waals surface area contributed by atoms with Crippen LogP contribution in [0.25, 0.3) is 11.0 Å². The number of nitrogens with one attached hydrogen (secondary N) is 1. The predicted molar refractivity (Wildman–Crippen MR) is 63.5 cm³/mol. The lowest BCUT2D eigenvalue weighted by Crippen LogP contribution is -2.24. The van der Waals surface area contributed by atoms with Gasteiger partial charge in [-0.2, -0.15) is 0 Å². The maximum Gasteiger partial charge on any atom is 0.404 e. The van der Waals surface area contributed by atoms with Crippen LogP contribution >= 0.6 is 15.9 Å². The van der Waals surface area contributed by atoms with Crippen molar-refractivity contribution in [3.8, 4) is 0 Å². The monoisotopic (exact) mass is 283 g/mol. The summed E-state index contributed by atoms with van der Waals surface area (Å²) in [7, 11) is 0. The van der Waals surface area contributed by atoms with Crippen molar-refractivity contribution < 1.29 is 9.90 Å². The third kappa shape index (κ3) is 2.33. The van der Waals surface area contributed by atoms with Gasteiger partial charge in [-0.3, -0.25) is 0 Å². The van der Waals surface area contributed by atoms with E-state index in [9.17, 15) is 4.79 Å². The summed E-state index contributed by atoms with van der Waals surface area (Å²) in [6.07, 6.45) is 0.702. The number of hydrogen-bond donors (Lipinski definition) is 2. The van der Waals surface area contributed by atoms with Crippen LogP contribution in [0.1, 0.15) is 0 Å². The lowest BCUT2D eigenvalue weighted by atomic mass is 10.3. The molecule has 1 aromatic heterocycles. The van der Waals surface area contributed by atoms with Crippen LogP contribution in [0, 0.1) is 0 Å². The number of rotatable bonds is 3. The van der Waals surface area contributed by atoms with Crippen molar-refractivity contribution in [1.82, 2.24) is 14.9 Å². The summed E-state index contributed by atoms with van der Waals surface area (Å²) < 4.78 is 2.89. The molecule has 1 amide bonds. The zero-order chi connectivity index (χ0) is 11.5. The van der Waals surface area contributed by atoms with Crippen molar-refractivity contribution in [2.24, 2.45) is 0 Å². The summed E-state index contributed by atoms with van der Waals surface area (Å²) in [5, 5.41) is 10.8. The van der Waals surface area contributed by atoms with Gasteiger partial charge in [-0.15, -0.1) is 0 Å². The van der Waals surface area contributed by atoms with E-state index in [1.54, 1.807) is 6.33 Å². The molecule has 0 aliphatic heterocycles. The maximum absolute atomic E-state index is 10.3. The molecule has 84 valence electrons. The number of nitrogens with zero attached hydrogens (tertiary/aromatic N) is 2. The van der Waals surface area contributed by atoms with Crippen LogP contribution in [0.15, 0.2) is 29.0 Å². The summed E-state index contributed by atoms with van der Waals surface area (Å²) in [6, 6.07) is 5.81. The predicted octanol–water partition coefficient (Wildman–Crippen LogP) is 2.07. The molecule has 0 atom stereocenters. The number of carboxylic acid groups (broad SMARTS) is 1. The Balaban J connectivity index is 2.15. The molecule has 16 heavy (non-hydrogen) atoms. The molecule has 0 saturated carbocycles. The normalized spacial score (nSPS) is 10.6. The summed E-state index contributed by atoms with van der Waals surface area (Å²) >= 11 is 3.37. The Kier molecular flexibility index (Phi) is 3.09. The Morgan fingerprint density at radius 2 is 2.38 bits per heavy atom. The number of hydrogen-bond acceptors (Lipinski definition) is 2. The molecule has 2 N–H and O–H groups in total. The fourth-order valence-electron chi connectivity index (χ4n) is 1.50. The largest absolute Gasteiger partial charge is 0.465 e. The molecule has 0 unspecified atom stereocenters. The summed E-state index contributed by atoms with van der Waals surface area (Å²) in [6.45, 7) is 0.946. The highest BCUT2D eigenvalue weighted by atomic mass is 79.9. The summed E-state index contributed by atoms with van der Waals surface area (Å²) in [5.41, 5.74) is 1.89. The van der Waals surface area contributed by atoms with Crippen LogP contribution < -0.4 is 5.32 Å². The Morgan fingerprint density at radius 1 is 1.56 bits per heavy atom. The first-order valence-electron chi connectivity index (χ1n) is 4.74. The number of imidazole rings is 1. The minimum Gasteiger partial charge on any atom is -0.465 e. The van der Waals surface area contributed by atoms with Crippen molar-refractivity contribution >= 4 is 33.1 Å². The molecule has 6 heteroatoms. The molecule has 0 aliphatic rings. The molecular formula is C10H10BrN3O2. The van der Waals surface area contributed by atoms with Gasteiger partial charge in [-0.1, -0.05) is 15.9 Å². The van der Waals surface area contributed by atoms with E-state index in [4.69, 9.17) is 5.11 Å². The van der Waals surface area contributed by atoms with Gasteiger partial charge in [0.2, 0.25) is 0 Å². The first-order chi connectivity index (χ1) is 7.66. The van der Waals surface area contributed by atoms with Gasteiger partial charge in [0, 0.05) is 17.6 Å². The number of benzene rings is 1. The van der Waals surface area contributed by atoms with Crippen LogP contribution in [-0.4, -0.2) is 27.3 Å². The average Bonchev–Trinajstić information content (AvgIpc) is 2.60. The molecule has 0 saturated heterocycles. The molecule has 0 bridgehead atoms. The fourth-order valence-corrected chi connectivity index (χ4v) is 1.85. The summed E-state index contributed by atoms with van der Waals surface area (Å²) in [5.74, 6) is 0. The lowest BCUT2D eigenvalue weighted by Gasteiger charge is -2.03. The van der Waals surface area contributed by atoms with Crippen molar-refractivity contribution in [3.63, 3.8) is 0 Å². The topological polar surface area (TPSA) is 67.2 Å². The fraction of sp³-hybridized carbons (Fsp3) is 0.200. The van der Waals surface area contributed by atoms with E-state index in [-0.39, 0.29) is 0 Å². The standard InChI is InChI=1S/C10H10BrN3O2/c11-7-1-2-9-8(5-7)13-6-14(9)4-3-12-10(15)16/h1-2,5-6,12H,3-4H2,(H,15,16). The highest BCUT2D eigenvalue weighted by Gasteiger charge is 2.02. The highest BCUT2D eigenvalue weighted by molar-refractivity contribution is 9.10. The second-order valence-corrected chi connectivity index (χ2v) is 4.22. The number of carbonyl (C=O) groups is 1. The van der Waals surface area contributed by atoms with Crippen molar-refractivity contribution in [2.45, 2.75) is 6.54 Å². The van der Waals surface area contributed by atoms with Gasteiger partial charge >= 0.3 is 6.09 Å². The van der Waals surface area contributed by atoms with Gasteiger partial charge < -0.3 is 15.0 Å². The van der Waals surface area contributed by atoms with Crippen molar-refractivity contribution in [2.75, 3.05) is 6.54 Å². The highest BCUT2D eigenvalue weighted by Crippen LogP contribution is 2.18. The zero-order valence-corrected chi connectivity index (χ0v) is 9.94. The Hall–Kier alpha value is -1.56. The average molecular weight is 284 g/mol. The summed E-state index contributed by atoms with van der Waals surface area (Å²) in [4.78, 5) is 14.5. The zero-order valence-electron chi connectivity index (χ0n) is 8.35. The molecule has 0 fully saturated rings. The SMILES string of the molecule is O=C(O)NCCn1cnc2cc(Br)ccc21. The second-order valence-electron chi connectivity index (χ2n) is 3.30. The quantitative estimate of drug-likeness (QED) is 0.906. The second kappa shape index (κ2) is 4.52. The first-order valence-corrected chi connectivity index (χ1v) is 5.53. The van der Waals surface area contributed by atoms with E-state index < -0.39 is 6.09 Å². The molecule has 2 aromatic rings. The van der Waals surface area contributed by atoms with Gasteiger partial charge in [-0.25, -0.2) is 9.78 Å². The van der Waals surface area contributed by atoms with E-state index in [0.29, 0.717) is 13.1 Å².